The average molecular weight is 271 g/mol. The van der Waals surface area contributed by atoms with Gasteiger partial charge < -0.3 is 14.8 Å². The lowest BCUT2D eigenvalue weighted by molar-refractivity contribution is 0.340. The minimum Gasteiger partial charge on any atom is -0.495 e. The summed E-state index contributed by atoms with van der Waals surface area (Å²) in [5.74, 6) is 1.77. The van der Waals surface area contributed by atoms with Gasteiger partial charge in [0.25, 0.3) is 0 Å². The summed E-state index contributed by atoms with van der Waals surface area (Å²) < 4.78 is 10.8. The van der Waals surface area contributed by atoms with Gasteiger partial charge in [0.05, 0.1) is 19.4 Å². The molecule has 0 radical (unpaired) electrons. The highest BCUT2D eigenvalue weighted by molar-refractivity contribution is 5.58. The van der Waals surface area contributed by atoms with Crippen molar-refractivity contribution < 1.29 is 9.47 Å². The highest BCUT2D eigenvalue weighted by Gasteiger charge is 2.03. The smallest absolute Gasteiger partial charge is 0.141 e. The van der Waals surface area contributed by atoms with E-state index in [9.17, 15) is 0 Å². The largest absolute Gasteiger partial charge is 0.495 e. The predicted octanol–water partition coefficient (Wildman–Crippen LogP) is 4.01. The van der Waals surface area contributed by atoms with Crippen molar-refractivity contribution in [2.24, 2.45) is 0 Å². The van der Waals surface area contributed by atoms with Crippen molar-refractivity contribution in [3.63, 3.8) is 0 Å². The molecule has 0 bridgehead atoms. The second kappa shape index (κ2) is 6.85. The fraction of sp³-hybridized carbons (Fsp3) is 0.294. The second-order valence-electron chi connectivity index (χ2n) is 4.63. The number of benzene rings is 2. The number of anilines is 1. The highest BCUT2D eigenvalue weighted by atomic mass is 16.5. The minimum atomic E-state index is 0.693. The van der Waals surface area contributed by atoms with Crippen LogP contribution < -0.4 is 14.8 Å². The van der Waals surface area contributed by atoms with Crippen molar-refractivity contribution in [3.05, 3.63) is 53.6 Å². The molecule has 3 heteroatoms. The SMILES string of the molecule is CCOc1ccc(CNc2cc(C)ccc2OC)cc1. The maximum atomic E-state index is 5.44. The Morgan fingerprint density at radius 2 is 1.80 bits per heavy atom. The van der Waals surface area contributed by atoms with E-state index in [4.69, 9.17) is 9.47 Å². The van der Waals surface area contributed by atoms with Gasteiger partial charge in [0, 0.05) is 6.54 Å². The van der Waals surface area contributed by atoms with Crippen molar-refractivity contribution in [1.82, 2.24) is 0 Å². The first-order valence-electron chi connectivity index (χ1n) is 6.83. The van der Waals surface area contributed by atoms with Crippen LogP contribution in [0.1, 0.15) is 18.1 Å². The van der Waals surface area contributed by atoms with Crippen LogP contribution in [0.5, 0.6) is 11.5 Å². The van der Waals surface area contributed by atoms with E-state index < -0.39 is 0 Å². The van der Waals surface area contributed by atoms with Crippen LogP contribution in [0.15, 0.2) is 42.5 Å². The predicted molar refractivity (Wildman–Crippen MR) is 82.7 cm³/mol. The van der Waals surface area contributed by atoms with E-state index in [1.807, 2.05) is 31.2 Å². The number of aryl methyl sites for hydroxylation is 1. The van der Waals surface area contributed by atoms with Crippen molar-refractivity contribution in [2.45, 2.75) is 20.4 Å². The topological polar surface area (TPSA) is 30.5 Å². The van der Waals surface area contributed by atoms with Gasteiger partial charge in [-0.15, -0.1) is 0 Å². The van der Waals surface area contributed by atoms with Crippen molar-refractivity contribution in [3.8, 4) is 11.5 Å². The summed E-state index contributed by atoms with van der Waals surface area (Å²) in [7, 11) is 1.69. The number of rotatable bonds is 6. The lowest BCUT2D eigenvalue weighted by Gasteiger charge is -2.12. The van der Waals surface area contributed by atoms with Crippen LogP contribution in [0.2, 0.25) is 0 Å². The van der Waals surface area contributed by atoms with Gasteiger partial charge in [-0.1, -0.05) is 18.2 Å². The zero-order chi connectivity index (χ0) is 14.4. The van der Waals surface area contributed by atoms with E-state index in [-0.39, 0.29) is 0 Å². The molecule has 106 valence electrons. The Bertz CT molecular complexity index is 549. The van der Waals surface area contributed by atoms with E-state index in [1.165, 1.54) is 11.1 Å². The van der Waals surface area contributed by atoms with Gasteiger partial charge in [0.15, 0.2) is 0 Å². The first kappa shape index (κ1) is 14.3. The summed E-state index contributed by atoms with van der Waals surface area (Å²) in [4.78, 5) is 0. The first-order valence-corrected chi connectivity index (χ1v) is 6.83. The van der Waals surface area contributed by atoms with Gasteiger partial charge in [0.2, 0.25) is 0 Å². The molecule has 1 N–H and O–H groups in total. The average Bonchev–Trinajstić information content (AvgIpc) is 2.47. The molecule has 0 fully saturated rings. The Morgan fingerprint density at radius 3 is 2.45 bits per heavy atom. The van der Waals surface area contributed by atoms with E-state index in [1.54, 1.807) is 7.11 Å². The van der Waals surface area contributed by atoms with Gasteiger partial charge >= 0.3 is 0 Å². The van der Waals surface area contributed by atoms with Crippen LogP contribution in [0.25, 0.3) is 0 Å². The lowest BCUT2D eigenvalue weighted by Crippen LogP contribution is -2.02. The number of nitrogens with one attached hydrogen (secondary N) is 1. The van der Waals surface area contributed by atoms with Crippen LogP contribution >= 0.6 is 0 Å². The molecule has 0 aromatic heterocycles. The molecule has 0 saturated carbocycles. The molecule has 0 aliphatic heterocycles. The Hall–Kier alpha value is -2.16. The van der Waals surface area contributed by atoms with E-state index in [2.05, 4.69) is 30.4 Å². The van der Waals surface area contributed by atoms with Crippen LogP contribution in [-0.4, -0.2) is 13.7 Å². The molecule has 2 aromatic carbocycles. The van der Waals surface area contributed by atoms with Crippen LogP contribution in [0.4, 0.5) is 5.69 Å². The third-order valence-corrected chi connectivity index (χ3v) is 3.07. The second-order valence-corrected chi connectivity index (χ2v) is 4.63. The maximum Gasteiger partial charge on any atom is 0.141 e. The van der Waals surface area contributed by atoms with Gasteiger partial charge in [-0.25, -0.2) is 0 Å². The molecular weight excluding hydrogens is 250 g/mol. The van der Waals surface area contributed by atoms with E-state index >= 15 is 0 Å². The fourth-order valence-electron chi connectivity index (χ4n) is 2.03. The molecule has 0 amide bonds. The van der Waals surface area contributed by atoms with Gasteiger partial charge in [-0.3, -0.25) is 0 Å². The third kappa shape index (κ3) is 3.67. The molecule has 3 nitrogen and oxygen atoms in total. The molecule has 0 atom stereocenters. The summed E-state index contributed by atoms with van der Waals surface area (Å²) in [6.45, 7) is 5.51. The molecule has 0 saturated heterocycles. The normalized spacial score (nSPS) is 10.2. The molecule has 0 heterocycles. The molecular formula is C17H21NO2. The van der Waals surface area contributed by atoms with Crippen LogP contribution in [0, 0.1) is 6.92 Å². The van der Waals surface area contributed by atoms with E-state index in [0.717, 1.165) is 23.7 Å². The zero-order valence-corrected chi connectivity index (χ0v) is 12.3. The molecule has 0 unspecified atom stereocenters. The first-order chi connectivity index (χ1) is 9.72. The molecule has 0 aliphatic carbocycles. The summed E-state index contributed by atoms with van der Waals surface area (Å²) in [5.41, 5.74) is 3.43. The molecule has 2 aromatic rings. The zero-order valence-electron chi connectivity index (χ0n) is 12.3. The van der Waals surface area contributed by atoms with Gasteiger partial charge in [-0.2, -0.15) is 0 Å². The molecule has 2 rings (SSSR count). The number of ether oxygens (including phenoxy) is 2. The Morgan fingerprint density at radius 1 is 1.05 bits per heavy atom. The van der Waals surface area contributed by atoms with Gasteiger partial charge in [0.1, 0.15) is 11.5 Å². The van der Waals surface area contributed by atoms with Crippen molar-refractivity contribution in [2.75, 3.05) is 19.0 Å². The monoisotopic (exact) mass is 271 g/mol. The Labute approximate surface area is 120 Å². The van der Waals surface area contributed by atoms with Crippen LogP contribution in [-0.2, 0) is 6.54 Å². The van der Waals surface area contributed by atoms with Crippen LogP contribution in [0.3, 0.4) is 0 Å². The number of methoxy groups -OCH3 is 1. The molecule has 0 spiro atoms. The number of hydrogen-bond acceptors (Lipinski definition) is 3. The maximum absolute atomic E-state index is 5.44. The summed E-state index contributed by atoms with van der Waals surface area (Å²) >= 11 is 0. The Balaban J connectivity index is 2.02. The lowest BCUT2D eigenvalue weighted by atomic mass is 10.2. The number of hydrogen-bond donors (Lipinski definition) is 1. The standard InChI is InChI=1S/C17H21NO2/c1-4-20-15-8-6-14(7-9-15)12-18-16-11-13(2)5-10-17(16)19-3/h5-11,18H,4,12H2,1-3H3. The van der Waals surface area contributed by atoms with Crippen molar-refractivity contribution in [1.29, 1.82) is 0 Å². The summed E-state index contributed by atoms with van der Waals surface area (Å²) in [5, 5.41) is 3.41. The third-order valence-electron chi connectivity index (χ3n) is 3.07. The highest BCUT2D eigenvalue weighted by Crippen LogP contribution is 2.25. The van der Waals surface area contributed by atoms with Crippen molar-refractivity contribution >= 4 is 5.69 Å². The summed E-state index contributed by atoms with van der Waals surface area (Å²) in [6.07, 6.45) is 0. The summed E-state index contributed by atoms with van der Waals surface area (Å²) in [6, 6.07) is 14.2. The fourth-order valence-corrected chi connectivity index (χ4v) is 2.03. The minimum absolute atomic E-state index is 0.693. The Kier molecular flexibility index (Phi) is 4.88. The van der Waals surface area contributed by atoms with E-state index in [0.29, 0.717) is 6.61 Å². The molecule has 20 heavy (non-hydrogen) atoms. The van der Waals surface area contributed by atoms with Gasteiger partial charge in [-0.05, 0) is 49.2 Å². The quantitative estimate of drug-likeness (QED) is 0.861. The molecule has 0 aliphatic rings.